The van der Waals surface area contributed by atoms with Crippen molar-refractivity contribution in [2.45, 2.75) is 45.6 Å². The van der Waals surface area contributed by atoms with E-state index >= 15 is 0 Å². The van der Waals surface area contributed by atoms with Gasteiger partial charge in [-0.05, 0) is 50.8 Å². The summed E-state index contributed by atoms with van der Waals surface area (Å²) in [5, 5.41) is 10.4. The van der Waals surface area contributed by atoms with Gasteiger partial charge in [0.1, 0.15) is 0 Å². The average Bonchev–Trinajstić information content (AvgIpc) is 2.93. The third-order valence-electron chi connectivity index (χ3n) is 5.43. The lowest BCUT2D eigenvalue weighted by Crippen LogP contribution is -2.47. The van der Waals surface area contributed by atoms with Gasteiger partial charge in [-0.3, -0.25) is 9.48 Å². The molecular weight excluding hydrogens is 354 g/mol. The topological polar surface area (TPSA) is 79.3 Å². The predicted octanol–water partition coefficient (Wildman–Crippen LogP) is 2.78. The third-order valence-corrected chi connectivity index (χ3v) is 5.43. The molecule has 2 heterocycles. The number of rotatable bonds is 5. The molecule has 1 aliphatic heterocycles. The highest BCUT2D eigenvalue weighted by Gasteiger charge is 2.24. The van der Waals surface area contributed by atoms with E-state index in [1.165, 1.54) is 0 Å². The first-order valence-electron chi connectivity index (χ1n) is 9.83. The molecule has 0 spiro atoms. The van der Waals surface area contributed by atoms with Crippen LogP contribution in [0.4, 0.5) is 10.5 Å². The van der Waals surface area contributed by atoms with Gasteiger partial charge in [0.05, 0.1) is 5.69 Å². The number of carbonyl (C=O) groups is 2. The first kappa shape index (κ1) is 19.9. The summed E-state index contributed by atoms with van der Waals surface area (Å²) >= 11 is 0. The number of aryl methyl sites for hydroxylation is 2. The minimum Gasteiger partial charge on any atom is -0.353 e. The molecule has 7 heteroatoms. The lowest BCUT2D eigenvalue weighted by Gasteiger charge is -2.32. The van der Waals surface area contributed by atoms with Crippen molar-refractivity contribution in [3.63, 3.8) is 0 Å². The van der Waals surface area contributed by atoms with Crippen molar-refractivity contribution < 1.29 is 9.59 Å². The number of nitrogens with zero attached hydrogens (tertiary/aromatic N) is 3. The van der Waals surface area contributed by atoms with Gasteiger partial charge in [-0.15, -0.1) is 0 Å². The molecule has 7 nitrogen and oxygen atoms in total. The molecule has 2 aromatic rings. The van der Waals surface area contributed by atoms with Crippen LogP contribution in [-0.2, 0) is 18.3 Å². The summed E-state index contributed by atoms with van der Waals surface area (Å²) in [6, 6.07) is 9.49. The van der Waals surface area contributed by atoms with E-state index in [0.29, 0.717) is 25.9 Å². The van der Waals surface area contributed by atoms with E-state index in [-0.39, 0.29) is 18.0 Å². The van der Waals surface area contributed by atoms with Crippen molar-refractivity contribution in [1.82, 2.24) is 20.0 Å². The molecule has 1 saturated heterocycles. The molecule has 3 amide bonds. The Morgan fingerprint density at radius 2 is 1.82 bits per heavy atom. The number of carbonyl (C=O) groups excluding carboxylic acids is 2. The lowest BCUT2D eigenvalue weighted by atomic mass is 10.0. The van der Waals surface area contributed by atoms with Gasteiger partial charge in [0.25, 0.3) is 0 Å². The smallest absolute Gasteiger partial charge is 0.321 e. The lowest BCUT2D eigenvalue weighted by molar-refractivity contribution is -0.122. The molecule has 1 aromatic carbocycles. The van der Waals surface area contributed by atoms with Crippen LogP contribution in [0, 0.1) is 13.8 Å². The van der Waals surface area contributed by atoms with Crippen LogP contribution in [0.25, 0.3) is 0 Å². The Morgan fingerprint density at radius 1 is 1.14 bits per heavy atom. The number of piperidine rings is 1. The zero-order valence-corrected chi connectivity index (χ0v) is 16.9. The molecule has 150 valence electrons. The van der Waals surface area contributed by atoms with Crippen molar-refractivity contribution >= 4 is 17.6 Å². The van der Waals surface area contributed by atoms with Gasteiger partial charge >= 0.3 is 6.03 Å². The number of benzene rings is 1. The van der Waals surface area contributed by atoms with Gasteiger partial charge in [-0.2, -0.15) is 5.10 Å². The van der Waals surface area contributed by atoms with Gasteiger partial charge in [-0.25, -0.2) is 4.79 Å². The number of amides is 3. The van der Waals surface area contributed by atoms with E-state index < -0.39 is 0 Å². The number of likely N-dealkylation sites (tertiary alicyclic amines) is 1. The van der Waals surface area contributed by atoms with Crippen molar-refractivity contribution in [3.05, 3.63) is 47.3 Å². The maximum atomic E-state index is 12.3. The number of hydrogen-bond acceptors (Lipinski definition) is 3. The van der Waals surface area contributed by atoms with Crippen molar-refractivity contribution in [1.29, 1.82) is 0 Å². The van der Waals surface area contributed by atoms with Crippen LogP contribution >= 0.6 is 0 Å². The van der Waals surface area contributed by atoms with Crippen molar-refractivity contribution in [2.24, 2.45) is 7.05 Å². The third kappa shape index (κ3) is 4.91. The molecule has 1 fully saturated rings. The zero-order valence-electron chi connectivity index (χ0n) is 16.9. The molecule has 0 unspecified atom stereocenters. The van der Waals surface area contributed by atoms with Crippen LogP contribution in [0.15, 0.2) is 30.3 Å². The average molecular weight is 383 g/mol. The molecule has 0 aliphatic carbocycles. The highest BCUT2D eigenvalue weighted by molar-refractivity contribution is 5.89. The quantitative estimate of drug-likeness (QED) is 0.833. The van der Waals surface area contributed by atoms with Crippen molar-refractivity contribution in [2.75, 3.05) is 18.4 Å². The van der Waals surface area contributed by atoms with E-state index in [9.17, 15) is 9.59 Å². The molecule has 1 aromatic heterocycles. The molecule has 0 atom stereocenters. The van der Waals surface area contributed by atoms with Crippen LogP contribution in [-0.4, -0.2) is 45.8 Å². The van der Waals surface area contributed by atoms with E-state index in [1.54, 1.807) is 4.90 Å². The normalized spacial score (nSPS) is 14.8. The van der Waals surface area contributed by atoms with E-state index in [4.69, 9.17) is 0 Å². The molecule has 28 heavy (non-hydrogen) atoms. The summed E-state index contributed by atoms with van der Waals surface area (Å²) in [6.07, 6.45) is 2.72. The summed E-state index contributed by atoms with van der Waals surface area (Å²) in [6.45, 7) is 5.30. The Bertz CT molecular complexity index is 823. The molecule has 0 saturated carbocycles. The minimum atomic E-state index is -0.0847. The fourth-order valence-electron chi connectivity index (χ4n) is 3.67. The van der Waals surface area contributed by atoms with E-state index in [2.05, 4.69) is 15.7 Å². The fourth-order valence-corrected chi connectivity index (χ4v) is 3.67. The molecule has 3 rings (SSSR count). The fraction of sp³-hybridized carbons (Fsp3) is 0.476. The summed E-state index contributed by atoms with van der Waals surface area (Å²) in [7, 11) is 1.92. The molecule has 1 aliphatic rings. The Labute approximate surface area is 166 Å². The first-order valence-corrected chi connectivity index (χ1v) is 9.83. The number of urea groups is 1. The molecular formula is C21H29N5O2. The second-order valence-electron chi connectivity index (χ2n) is 7.40. The second kappa shape index (κ2) is 8.91. The Hall–Kier alpha value is -2.83. The summed E-state index contributed by atoms with van der Waals surface area (Å²) < 4.78 is 1.86. The summed E-state index contributed by atoms with van der Waals surface area (Å²) in [4.78, 5) is 26.5. The van der Waals surface area contributed by atoms with Crippen LogP contribution < -0.4 is 10.6 Å². The Balaban J connectivity index is 1.41. The van der Waals surface area contributed by atoms with E-state index in [1.807, 2.05) is 55.9 Å². The maximum Gasteiger partial charge on any atom is 0.321 e. The van der Waals surface area contributed by atoms with Crippen molar-refractivity contribution in [3.8, 4) is 0 Å². The number of aromatic nitrogens is 2. The largest absolute Gasteiger partial charge is 0.353 e. The molecule has 2 N–H and O–H groups in total. The SMILES string of the molecule is Cc1nn(C)c(C)c1CCC(=O)NC1CCN(C(=O)Nc2ccccc2)CC1. The number of anilines is 1. The highest BCUT2D eigenvalue weighted by atomic mass is 16.2. The van der Waals surface area contributed by atoms with Crippen LogP contribution in [0.1, 0.15) is 36.2 Å². The minimum absolute atomic E-state index is 0.0647. The van der Waals surface area contributed by atoms with Gasteiger partial charge in [0.2, 0.25) is 5.91 Å². The molecule has 0 bridgehead atoms. The number of nitrogens with one attached hydrogen (secondary N) is 2. The van der Waals surface area contributed by atoms with E-state index in [0.717, 1.165) is 35.5 Å². The first-order chi connectivity index (χ1) is 13.4. The van der Waals surface area contributed by atoms with Gasteiger partial charge < -0.3 is 15.5 Å². The molecule has 0 radical (unpaired) electrons. The number of para-hydroxylation sites is 1. The second-order valence-corrected chi connectivity index (χ2v) is 7.40. The zero-order chi connectivity index (χ0) is 20.1. The predicted molar refractivity (Wildman–Crippen MR) is 109 cm³/mol. The van der Waals surface area contributed by atoms with Gasteiger partial charge in [-0.1, -0.05) is 18.2 Å². The van der Waals surface area contributed by atoms with Crippen LogP contribution in [0.5, 0.6) is 0 Å². The van der Waals surface area contributed by atoms with Gasteiger partial charge in [0, 0.05) is 44.0 Å². The number of hydrogen-bond donors (Lipinski definition) is 2. The maximum absolute atomic E-state index is 12.3. The summed E-state index contributed by atoms with van der Waals surface area (Å²) in [5.41, 5.74) is 4.06. The van der Waals surface area contributed by atoms with Crippen LogP contribution in [0.3, 0.4) is 0 Å². The Kier molecular flexibility index (Phi) is 6.34. The van der Waals surface area contributed by atoms with Crippen LogP contribution in [0.2, 0.25) is 0 Å². The van der Waals surface area contributed by atoms with Gasteiger partial charge in [0.15, 0.2) is 0 Å². The Morgan fingerprint density at radius 3 is 2.43 bits per heavy atom. The monoisotopic (exact) mass is 383 g/mol. The standard InChI is InChI=1S/C21H29N5O2/c1-15-19(16(2)25(3)24-15)9-10-20(27)22-18-11-13-26(14-12-18)21(28)23-17-7-5-4-6-8-17/h4-8,18H,9-14H2,1-3H3,(H,22,27)(H,23,28). The highest BCUT2D eigenvalue weighted by Crippen LogP contribution is 2.16. The summed E-state index contributed by atoms with van der Waals surface area (Å²) in [5.74, 6) is 0.0647.